The number of anilines is 1. The highest BCUT2D eigenvalue weighted by Crippen LogP contribution is 2.36. The number of carbonyl (C=O) groups excluding carboxylic acids is 1. The van der Waals surface area contributed by atoms with Crippen LogP contribution in [0.3, 0.4) is 0 Å². The van der Waals surface area contributed by atoms with Gasteiger partial charge in [0.25, 0.3) is 11.6 Å². The third-order valence-electron chi connectivity index (χ3n) is 6.50. The van der Waals surface area contributed by atoms with Crippen molar-refractivity contribution >= 4 is 17.3 Å². The van der Waals surface area contributed by atoms with Gasteiger partial charge in [0.05, 0.1) is 16.7 Å². The molecule has 10 heteroatoms. The Kier molecular flexibility index (Phi) is 6.68. The Morgan fingerprint density at radius 2 is 1.78 bits per heavy atom. The normalized spacial score (nSPS) is 16.0. The van der Waals surface area contributed by atoms with E-state index in [4.69, 9.17) is 9.47 Å². The number of rotatable bonds is 7. The number of nitrogens with zero attached hydrogens (tertiary/aromatic N) is 3. The number of hydrogen-bond acceptors (Lipinski definition) is 7. The maximum absolute atomic E-state index is 14.3. The summed E-state index contributed by atoms with van der Waals surface area (Å²) >= 11 is 0. The molecule has 0 spiro atoms. The van der Waals surface area contributed by atoms with Crippen LogP contribution in [0.2, 0.25) is 0 Å². The van der Waals surface area contributed by atoms with Crippen LogP contribution in [-0.2, 0) is 0 Å². The van der Waals surface area contributed by atoms with Crippen molar-refractivity contribution in [2.24, 2.45) is 0 Å². The summed E-state index contributed by atoms with van der Waals surface area (Å²) in [6, 6.07) is 17.9. The van der Waals surface area contributed by atoms with E-state index >= 15 is 0 Å². The molecule has 0 unspecified atom stereocenters. The van der Waals surface area contributed by atoms with Gasteiger partial charge < -0.3 is 19.7 Å². The quantitative estimate of drug-likeness (QED) is 0.396. The maximum atomic E-state index is 14.3. The monoisotopic (exact) mass is 492 g/mol. The number of piperazine rings is 1. The first-order chi connectivity index (χ1) is 17.5. The number of carbonyl (C=O) groups is 1. The second kappa shape index (κ2) is 10.2. The van der Waals surface area contributed by atoms with E-state index in [1.807, 2.05) is 29.2 Å². The summed E-state index contributed by atoms with van der Waals surface area (Å²) in [5.41, 5.74) is 1.60. The molecule has 0 radical (unpaired) electrons. The van der Waals surface area contributed by atoms with Crippen molar-refractivity contribution < 1.29 is 23.6 Å². The van der Waals surface area contributed by atoms with Gasteiger partial charge in [-0.2, -0.15) is 0 Å². The minimum Gasteiger partial charge on any atom is -0.454 e. The lowest BCUT2D eigenvalue weighted by Crippen LogP contribution is -2.50. The number of nitrogens with one attached hydrogen (secondary N) is 1. The number of hydrogen-bond donors (Lipinski definition) is 1. The molecule has 2 aliphatic heterocycles. The highest BCUT2D eigenvalue weighted by atomic mass is 19.1. The maximum Gasteiger partial charge on any atom is 0.270 e. The number of non-ortho nitro benzene ring substituents is 1. The van der Waals surface area contributed by atoms with Crippen LogP contribution < -0.4 is 19.7 Å². The molecule has 0 aliphatic carbocycles. The van der Waals surface area contributed by atoms with E-state index < -0.39 is 10.8 Å². The molecule has 3 aromatic carbocycles. The summed E-state index contributed by atoms with van der Waals surface area (Å²) in [5.74, 6) is 0.673. The van der Waals surface area contributed by atoms with E-state index in [9.17, 15) is 19.3 Å². The van der Waals surface area contributed by atoms with Gasteiger partial charge in [-0.25, -0.2) is 4.39 Å². The van der Waals surface area contributed by atoms with Gasteiger partial charge in [0.1, 0.15) is 5.82 Å². The predicted molar refractivity (Wildman–Crippen MR) is 131 cm³/mol. The van der Waals surface area contributed by atoms with Gasteiger partial charge in [-0.3, -0.25) is 19.8 Å². The van der Waals surface area contributed by atoms with Gasteiger partial charge in [-0.1, -0.05) is 24.3 Å². The topological polar surface area (TPSA) is 97.2 Å². The summed E-state index contributed by atoms with van der Waals surface area (Å²) in [4.78, 5) is 27.7. The van der Waals surface area contributed by atoms with Gasteiger partial charge in [0, 0.05) is 50.4 Å². The molecule has 0 aromatic heterocycles. The number of nitro groups is 1. The molecule has 1 N–H and O–H groups in total. The molecule has 2 heterocycles. The third kappa shape index (κ3) is 4.94. The van der Waals surface area contributed by atoms with Crippen molar-refractivity contribution in [3.05, 3.63) is 93.8 Å². The molecule has 186 valence electrons. The van der Waals surface area contributed by atoms with E-state index in [0.29, 0.717) is 43.4 Å². The average molecular weight is 493 g/mol. The van der Waals surface area contributed by atoms with Gasteiger partial charge in [0.2, 0.25) is 6.79 Å². The number of halogens is 1. The molecule has 9 nitrogen and oxygen atoms in total. The van der Waals surface area contributed by atoms with E-state index in [-0.39, 0.29) is 36.4 Å². The lowest BCUT2D eigenvalue weighted by Gasteiger charge is -2.40. The third-order valence-corrected chi connectivity index (χ3v) is 6.50. The minimum absolute atomic E-state index is 0.140. The molecule has 1 saturated heterocycles. The van der Waals surface area contributed by atoms with E-state index in [2.05, 4.69) is 10.2 Å². The Morgan fingerprint density at radius 3 is 2.56 bits per heavy atom. The van der Waals surface area contributed by atoms with Crippen LogP contribution in [0.4, 0.5) is 15.8 Å². The van der Waals surface area contributed by atoms with Crippen molar-refractivity contribution in [3.63, 3.8) is 0 Å². The molecular formula is C26H25FN4O5. The van der Waals surface area contributed by atoms with Crippen LogP contribution in [-0.4, -0.2) is 55.2 Å². The fraction of sp³-hybridized carbons (Fsp3) is 0.269. The standard InChI is InChI=1S/C26H25FN4O5/c27-21-6-1-2-7-22(21)29-10-12-30(13-11-29)23(18-8-9-24-25(15-18)36-17-35-24)16-28-26(32)19-4-3-5-20(14-19)31(33)34/h1-9,14-15,23H,10-13,16-17H2,(H,28,32)/t23-/m0/s1. The summed E-state index contributed by atoms with van der Waals surface area (Å²) in [6.45, 7) is 3.00. The average Bonchev–Trinajstić information content (AvgIpc) is 3.38. The van der Waals surface area contributed by atoms with E-state index in [0.717, 1.165) is 5.56 Å². The zero-order valence-electron chi connectivity index (χ0n) is 19.4. The van der Waals surface area contributed by atoms with Crippen LogP contribution in [0.1, 0.15) is 22.0 Å². The Balaban J connectivity index is 1.33. The van der Waals surface area contributed by atoms with Crippen LogP contribution in [0, 0.1) is 15.9 Å². The Labute approximate surface area is 207 Å². The Morgan fingerprint density at radius 1 is 1.00 bits per heavy atom. The molecule has 3 aromatic rings. The fourth-order valence-electron chi connectivity index (χ4n) is 4.61. The first kappa shape index (κ1) is 23.6. The van der Waals surface area contributed by atoms with E-state index in [1.165, 1.54) is 24.3 Å². The lowest BCUT2D eigenvalue weighted by atomic mass is 10.0. The van der Waals surface area contributed by atoms with Crippen molar-refractivity contribution in [2.75, 3.05) is 44.4 Å². The van der Waals surface area contributed by atoms with Gasteiger partial charge in [0.15, 0.2) is 11.5 Å². The van der Waals surface area contributed by atoms with Gasteiger partial charge >= 0.3 is 0 Å². The van der Waals surface area contributed by atoms with Crippen molar-refractivity contribution in [3.8, 4) is 11.5 Å². The predicted octanol–water partition coefficient (Wildman–Crippen LogP) is 3.76. The second-order valence-corrected chi connectivity index (χ2v) is 8.62. The molecule has 0 saturated carbocycles. The van der Waals surface area contributed by atoms with Gasteiger partial charge in [-0.15, -0.1) is 0 Å². The largest absolute Gasteiger partial charge is 0.454 e. The van der Waals surface area contributed by atoms with E-state index in [1.54, 1.807) is 18.2 Å². The SMILES string of the molecule is O=C(NC[C@@H](c1ccc2c(c1)OCO2)N1CCN(c2ccccc2F)CC1)c1cccc([N+](=O)[O-])c1. The van der Waals surface area contributed by atoms with Crippen molar-refractivity contribution in [1.29, 1.82) is 0 Å². The molecule has 36 heavy (non-hydrogen) atoms. The zero-order valence-corrected chi connectivity index (χ0v) is 19.4. The zero-order chi connectivity index (χ0) is 25.1. The van der Waals surface area contributed by atoms with Gasteiger partial charge in [-0.05, 0) is 35.9 Å². The lowest BCUT2D eigenvalue weighted by molar-refractivity contribution is -0.384. The van der Waals surface area contributed by atoms with Crippen molar-refractivity contribution in [2.45, 2.75) is 6.04 Å². The van der Waals surface area contributed by atoms with Crippen LogP contribution in [0.15, 0.2) is 66.7 Å². The molecule has 1 atom stereocenters. The second-order valence-electron chi connectivity index (χ2n) is 8.62. The van der Waals surface area contributed by atoms with Crippen LogP contribution in [0.5, 0.6) is 11.5 Å². The Hall–Kier alpha value is -4.18. The van der Waals surface area contributed by atoms with Crippen molar-refractivity contribution in [1.82, 2.24) is 10.2 Å². The first-order valence-electron chi connectivity index (χ1n) is 11.7. The summed E-state index contributed by atoms with van der Waals surface area (Å²) in [7, 11) is 0. The summed E-state index contributed by atoms with van der Waals surface area (Å²) in [6.07, 6.45) is 0. The number of amides is 1. The molecule has 2 aliphatic rings. The minimum atomic E-state index is -0.527. The fourth-order valence-corrected chi connectivity index (χ4v) is 4.61. The van der Waals surface area contributed by atoms with Crippen LogP contribution in [0.25, 0.3) is 0 Å². The number of fused-ring (bicyclic) bond motifs is 1. The number of ether oxygens (including phenoxy) is 2. The smallest absolute Gasteiger partial charge is 0.270 e. The summed E-state index contributed by atoms with van der Waals surface area (Å²) < 4.78 is 25.3. The number of para-hydroxylation sites is 1. The molecule has 0 bridgehead atoms. The summed E-state index contributed by atoms with van der Waals surface area (Å²) in [5, 5.41) is 14.0. The highest BCUT2D eigenvalue weighted by Gasteiger charge is 2.28. The molecular weight excluding hydrogens is 467 g/mol. The van der Waals surface area contributed by atoms with Crippen LogP contribution >= 0.6 is 0 Å². The highest BCUT2D eigenvalue weighted by molar-refractivity contribution is 5.94. The Bertz CT molecular complexity index is 1280. The molecule has 1 amide bonds. The molecule has 1 fully saturated rings. The first-order valence-corrected chi connectivity index (χ1v) is 11.7. The molecule has 5 rings (SSSR count). The number of benzene rings is 3. The number of nitro benzene ring substituents is 1.